The second-order valence-corrected chi connectivity index (χ2v) is 11.8. The van der Waals surface area contributed by atoms with Crippen LogP contribution in [-0.4, -0.2) is 0 Å². The molecule has 2 aromatic rings. The third kappa shape index (κ3) is 5.64. The molecule has 2 aliphatic carbocycles. The first-order chi connectivity index (χ1) is 18.0. The molecule has 0 amide bonds. The molecule has 1 aliphatic heterocycles. The molecule has 5 rings (SSSR count). The summed E-state index contributed by atoms with van der Waals surface area (Å²) >= 11 is 0. The maximum atomic E-state index is 15.5. The number of hydrogen-bond acceptors (Lipinski definition) is 1. The van der Waals surface area contributed by atoms with Crippen molar-refractivity contribution >= 4 is 6.08 Å². The van der Waals surface area contributed by atoms with Crippen LogP contribution in [0.5, 0.6) is 11.5 Å². The van der Waals surface area contributed by atoms with Gasteiger partial charge in [-0.1, -0.05) is 63.8 Å². The topological polar surface area (TPSA) is 9.23 Å². The highest BCUT2D eigenvalue weighted by molar-refractivity contribution is 5.60. The molecule has 0 aromatic heterocycles. The average molecular weight is 511 g/mol. The highest BCUT2D eigenvalue weighted by atomic mass is 19.2. The minimum Gasteiger partial charge on any atom is -0.450 e. The monoisotopic (exact) mass is 510 g/mol. The van der Waals surface area contributed by atoms with E-state index in [2.05, 4.69) is 19.9 Å². The lowest BCUT2D eigenvalue weighted by Gasteiger charge is -2.30. The number of allylic oxidation sites excluding steroid dienone is 1. The normalized spacial score (nSPS) is 25.5. The van der Waals surface area contributed by atoms with Crippen molar-refractivity contribution in [3.8, 4) is 11.5 Å². The van der Waals surface area contributed by atoms with Crippen LogP contribution in [-0.2, 0) is 6.42 Å². The molecule has 0 N–H and O–H groups in total. The molecule has 0 bridgehead atoms. The quantitative estimate of drug-likeness (QED) is 0.307. The van der Waals surface area contributed by atoms with Crippen LogP contribution in [0.15, 0.2) is 24.3 Å². The summed E-state index contributed by atoms with van der Waals surface area (Å²) < 4.78 is 51.7. The predicted octanol–water partition coefficient (Wildman–Crippen LogP) is 10.5. The third-order valence-corrected chi connectivity index (χ3v) is 9.18. The van der Waals surface area contributed by atoms with Crippen molar-refractivity contribution in [2.75, 3.05) is 0 Å². The van der Waals surface area contributed by atoms with Crippen LogP contribution in [0.1, 0.15) is 119 Å². The molecule has 1 nitrogen and oxygen atoms in total. The average Bonchev–Trinajstić information content (AvgIpc) is 2.91. The van der Waals surface area contributed by atoms with Crippen LogP contribution >= 0.6 is 0 Å². The molecule has 3 aliphatic rings. The number of halogens is 3. The number of benzene rings is 2. The fourth-order valence-electron chi connectivity index (χ4n) is 7.01. The van der Waals surface area contributed by atoms with Gasteiger partial charge in [0, 0.05) is 23.1 Å². The lowest BCUT2D eigenvalue weighted by molar-refractivity contribution is 0.294. The van der Waals surface area contributed by atoms with E-state index in [-0.39, 0.29) is 17.4 Å². The van der Waals surface area contributed by atoms with Crippen LogP contribution in [0, 0.1) is 35.2 Å². The van der Waals surface area contributed by atoms with Gasteiger partial charge >= 0.3 is 0 Å². The lowest BCUT2D eigenvalue weighted by atomic mass is 9.76. The zero-order valence-corrected chi connectivity index (χ0v) is 22.4. The number of rotatable bonds is 7. The first-order valence-corrected chi connectivity index (χ1v) is 14.7. The Kier molecular flexibility index (Phi) is 8.31. The first-order valence-electron chi connectivity index (χ1n) is 14.7. The summed E-state index contributed by atoms with van der Waals surface area (Å²) in [5, 5.41) is 0. The van der Waals surface area contributed by atoms with E-state index < -0.39 is 17.5 Å². The van der Waals surface area contributed by atoms with Crippen LogP contribution in [0.25, 0.3) is 6.08 Å². The van der Waals surface area contributed by atoms with Gasteiger partial charge in [0.25, 0.3) is 0 Å². The SMILES string of the molecule is CCCC1CCC(/C=C/c2ccc3c(c2F)Oc2c(cc(C4CCC(CCC)CC4)c(F)c2F)C3)CC1. The molecule has 4 heteroatoms. The van der Waals surface area contributed by atoms with Crippen LogP contribution in [0.2, 0.25) is 0 Å². The summed E-state index contributed by atoms with van der Waals surface area (Å²) in [5.74, 6) is -0.371. The number of ether oxygens (including phenoxy) is 1. The maximum Gasteiger partial charge on any atom is 0.201 e. The van der Waals surface area contributed by atoms with Crippen LogP contribution in [0.4, 0.5) is 13.2 Å². The van der Waals surface area contributed by atoms with Gasteiger partial charge in [-0.25, -0.2) is 8.78 Å². The molecule has 2 fully saturated rings. The van der Waals surface area contributed by atoms with Gasteiger partial charge < -0.3 is 4.74 Å². The van der Waals surface area contributed by atoms with Crippen molar-refractivity contribution < 1.29 is 17.9 Å². The molecule has 0 spiro atoms. The molecule has 2 saturated carbocycles. The fraction of sp³-hybridized carbons (Fsp3) is 0.576. The van der Waals surface area contributed by atoms with E-state index in [9.17, 15) is 0 Å². The third-order valence-electron chi connectivity index (χ3n) is 9.18. The lowest BCUT2D eigenvalue weighted by Crippen LogP contribution is -2.16. The van der Waals surface area contributed by atoms with Gasteiger partial charge in [-0.3, -0.25) is 0 Å². The molecule has 1 heterocycles. The standard InChI is InChI=1S/C33H41F3O/c1-3-5-21-7-9-23(10-8-21)13-16-25-17-18-26-19-27-20-28(24-14-11-22(6-4-2)12-15-24)30(35)31(36)33(27)37-32(26)29(25)34/h13,16-18,20-24H,3-12,14-15,19H2,1-2H3/b16-13+. The van der Waals surface area contributed by atoms with E-state index in [1.807, 2.05) is 12.1 Å². The Labute approximate surface area is 220 Å². The molecular formula is C33H41F3O. The molecule has 0 atom stereocenters. The van der Waals surface area contributed by atoms with Crippen molar-refractivity contribution in [3.05, 3.63) is 64.0 Å². The predicted molar refractivity (Wildman–Crippen MR) is 145 cm³/mol. The fourth-order valence-corrected chi connectivity index (χ4v) is 7.01. The summed E-state index contributed by atoms with van der Waals surface area (Å²) in [6.45, 7) is 4.44. The Morgan fingerprint density at radius 2 is 1.38 bits per heavy atom. The summed E-state index contributed by atoms with van der Waals surface area (Å²) in [5.41, 5.74) is 2.21. The molecule has 2 aromatic carbocycles. The second-order valence-electron chi connectivity index (χ2n) is 11.8. The summed E-state index contributed by atoms with van der Waals surface area (Å²) in [7, 11) is 0. The van der Waals surface area contributed by atoms with Crippen LogP contribution in [0.3, 0.4) is 0 Å². The molecular weight excluding hydrogens is 469 g/mol. The van der Waals surface area contributed by atoms with Crippen molar-refractivity contribution in [3.63, 3.8) is 0 Å². The van der Waals surface area contributed by atoms with Gasteiger partial charge in [-0.05, 0) is 86.7 Å². The Hall–Kier alpha value is -2.23. The van der Waals surface area contributed by atoms with Gasteiger partial charge in [0.15, 0.2) is 23.1 Å². The summed E-state index contributed by atoms with van der Waals surface area (Å²) in [6.07, 6.45) is 17.9. The maximum absolute atomic E-state index is 15.5. The van der Waals surface area contributed by atoms with Gasteiger partial charge in [-0.15, -0.1) is 0 Å². The number of hydrogen-bond donors (Lipinski definition) is 0. The van der Waals surface area contributed by atoms with E-state index >= 15 is 13.2 Å². The smallest absolute Gasteiger partial charge is 0.201 e. The molecule has 0 unspecified atom stereocenters. The van der Waals surface area contributed by atoms with Gasteiger partial charge in [0.2, 0.25) is 5.82 Å². The van der Waals surface area contributed by atoms with Crippen LogP contribution < -0.4 is 4.74 Å². The zero-order chi connectivity index (χ0) is 25.9. The molecule has 0 saturated heterocycles. The van der Waals surface area contributed by atoms with Crippen molar-refractivity contribution in [2.24, 2.45) is 17.8 Å². The number of fused-ring (bicyclic) bond motifs is 2. The van der Waals surface area contributed by atoms with E-state index in [1.165, 1.54) is 38.5 Å². The zero-order valence-electron chi connectivity index (χ0n) is 22.4. The Bertz CT molecular complexity index is 1120. The largest absolute Gasteiger partial charge is 0.450 e. The summed E-state index contributed by atoms with van der Waals surface area (Å²) in [4.78, 5) is 0. The second kappa shape index (κ2) is 11.7. The van der Waals surface area contributed by atoms with Gasteiger partial charge in [0.1, 0.15) is 0 Å². The highest BCUT2D eigenvalue weighted by Crippen LogP contribution is 2.46. The van der Waals surface area contributed by atoms with Crippen molar-refractivity contribution in [1.82, 2.24) is 0 Å². The van der Waals surface area contributed by atoms with Gasteiger partial charge in [-0.2, -0.15) is 4.39 Å². The van der Waals surface area contributed by atoms with Gasteiger partial charge in [0.05, 0.1) is 0 Å². The molecule has 200 valence electrons. The van der Waals surface area contributed by atoms with Crippen molar-refractivity contribution in [2.45, 2.75) is 103 Å². The Morgan fingerprint density at radius 1 is 0.757 bits per heavy atom. The molecule has 0 radical (unpaired) electrons. The Balaban J connectivity index is 1.31. The highest BCUT2D eigenvalue weighted by Gasteiger charge is 2.31. The van der Waals surface area contributed by atoms with E-state index in [1.54, 1.807) is 12.1 Å². The Morgan fingerprint density at radius 3 is 2.03 bits per heavy atom. The minimum absolute atomic E-state index is 0.0347. The first kappa shape index (κ1) is 26.4. The van der Waals surface area contributed by atoms with E-state index in [4.69, 9.17) is 4.74 Å². The summed E-state index contributed by atoms with van der Waals surface area (Å²) in [6, 6.07) is 5.44. The van der Waals surface area contributed by atoms with E-state index in [0.29, 0.717) is 40.5 Å². The van der Waals surface area contributed by atoms with Crippen molar-refractivity contribution in [1.29, 1.82) is 0 Å². The minimum atomic E-state index is -0.974. The van der Waals surface area contributed by atoms with E-state index in [0.717, 1.165) is 44.4 Å². The molecule has 37 heavy (non-hydrogen) atoms.